The highest BCUT2D eigenvalue weighted by Gasteiger charge is 2.24. The smallest absolute Gasteiger partial charge is 0.113 e. The number of allylic oxidation sites excluding steroid dienone is 3. The Morgan fingerprint density at radius 1 is 1.00 bits per heavy atom. The summed E-state index contributed by atoms with van der Waals surface area (Å²) in [7, 11) is 0. The maximum atomic E-state index is 5.45. The number of hydrogen-bond acceptors (Lipinski definition) is 7. The lowest BCUT2D eigenvalue weighted by Crippen LogP contribution is -2.29. The minimum atomic E-state index is 0.772. The molecule has 7 nitrogen and oxygen atoms in total. The summed E-state index contributed by atoms with van der Waals surface area (Å²) in [6, 6.07) is 0. The zero-order chi connectivity index (χ0) is 17.0. The van der Waals surface area contributed by atoms with Gasteiger partial charge in [0.1, 0.15) is 5.70 Å². The molecule has 7 heteroatoms. The molecule has 0 atom stereocenters. The first-order valence-corrected chi connectivity index (χ1v) is 9.00. The van der Waals surface area contributed by atoms with Gasteiger partial charge in [-0.25, -0.2) is 5.48 Å². The van der Waals surface area contributed by atoms with E-state index in [0.29, 0.717) is 0 Å². The Morgan fingerprint density at radius 3 is 2.46 bits per heavy atom. The number of rotatable bonds is 13. The third kappa shape index (κ3) is 6.16. The Labute approximate surface area is 145 Å². The summed E-state index contributed by atoms with van der Waals surface area (Å²) in [4.78, 5) is 5.33. The third-order valence-corrected chi connectivity index (χ3v) is 4.01. The lowest BCUT2D eigenvalue weighted by Gasteiger charge is -2.24. The molecule has 2 rings (SSSR count). The van der Waals surface area contributed by atoms with E-state index in [1.54, 1.807) is 5.06 Å². The molecule has 2 aliphatic rings. The van der Waals surface area contributed by atoms with Gasteiger partial charge in [-0.05, 0) is 77.5 Å². The molecule has 136 valence electrons. The summed E-state index contributed by atoms with van der Waals surface area (Å²) in [5.74, 6) is 0. The van der Waals surface area contributed by atoms with Crippen LogP contribution in [0.3, 0.4) is 0 Å². The first-order chi connectivity index (χ1) is 11.8. The quantitative estimate of drug-likeness (QED) is 0.316. The van der Waals surface area contributed by atoms with Crippen LogP contribution in [0.2, 0.25) is 0 Å². The van der Waals surface area contributed by atoms with Crippen molar-refractivity contribution in [2.24, 2.45) is 5.73 Å². The molecule has 2 heterocycles. The maximum absolute atomic E-state index is 5.45. The third-order valence-electron chi connectivity index (χ3n) is 4.01. The monoisotopic (exact) mass is 336 g/mol. The Hall–Kier alpha value is -1.54. The van der Waals surface area contributed by atoms with Gasteiger partial charge in [-0.1, -0.05) is 0 Å². The van der Waals surface area contributed by atoms with Gasteiger partial charge < -0.3 is 21.7 Å². The molecule has 24 heavy (non-hydrogen) atoms. The minimum Gasteiger partial charge on any atom is -0.383 e. The molecule has 0 aromatic carbocycles. The SMILES string of the molecule is CC1=CC=C(NCCCNCCCCNCCCN)C2=CNON12. The van der Waals surface area contributed by atoms with Crippen LogP contribution in [-0.2, 0) is 4.94 Å². The van der Waals surface area contributed by atoms with Crippen LogP contribution in [0.25, 0.3) is 0 Å². The van der Waals surface area contributed by atoms with E-state index in [4.69, 9.17) is 10.7 Å². The Kier molecular flexibility index (Phi) is 8.69. The van der Waals surface area contributed by atoms with E-state index in [0.717, 1.165) is 69.2 Å². The van der Waals surface area contributed by atoms with Gasteiger partial charge in [0.25, 0.3) is 0 Å². The first kappa shape index (κ1) is 18.8. The number of nitrogens with zero attached hydrogens (tertiary/aromatic N) is 1. The molecule has 0 fully saturated rings. The number of unbranched alkanes of at least 4 members (excludes halogenated alkanes) is 1. The Morgan fingerprint density at radius 2 is 1.71 bits per heavy atom. The Balaban J connectivity index is 1.45. The molecule has 0 bridgehead atoms. The van der Waals surface area contributed by atoms with E-state index in [9.17, 15) is 0 Å². The van der Waals surface area contributed by atoms with Crippen LogP contribution >= 0.6 is 0 Å². The fraction of sp³-hybridized carbons (Fsp3) is 0.647. The van der Waals surface area contributed by atoms with Gasteiger partial charge in [0, 0.05) is 12.2 Å². The molecule has 0 aliphatic carbocycles. The van der Waals surface area contributed by atoms with Crippen LogP contribution in [-0.4, -0.2) is 44.3 Å². The van der Waals surface area contributed by atoms with Gasteiger partial charge >= 0.3 is 0 Å². The van der Waals surface area contributed by atoms with Crippen molar-refractivity contribution in [3.05, 3.63) is 35.4 Å². The fourth-order valence-corrected chi connectivity index (χ4v) is 2.61. The molecule has 0 saturated carbocycles. The van der Waals surface area contributed by atoms with Crippen molar-refractivity contribution < 1.29 is 4.94 Å². The molecule has 0 spiro atoms. The molecular formula is C17H32N6O. The van der Waals surface area contributed by atoms with E-state index in [-0.39, 0.29) is 0 Å². The summed E-state index contributed by atoms with van der Waals surface area (Å²) in [6.45, 7) is 7.98. The van der Waals surface area contributed by atoms with E-state index in [1.165, 1.54) is 12.8 Å². The number of nitrogens with two attached hydrogens (primary N) is 1. The fourth-order valence-electron chi connectivity index (χ4n) is 2.61. The predicted octanol–water partition coefficient (Wildman–Crippen LogP) is 0.669. The van der Waals surface area contributed by atoms with Crippen molar-refractivity contribution in [3.63, 3.8) is 0 Å². The first-order valence-electron chi connectivity index (χ1n) is 9.00. The van der Waals surface area contributed by atoms with Crippen LogP contribution in [0.5, 0.6) is 0 Å². The average molecular weight is 336 g/mol. The minimum absolute atomic E-state index is 0.772. The van der Waals surface area contributed by atoms with Gasteiger partial charge in [-0.3, -0.25) is 0 Å². The lowest BCUT2D eigenvalue weighted by molar-refractivity contribution is -0.123. The molecule has 0 aromatic rings. The second-order valence-electron chi connectivity index (χ2n) is 6.05. The molecule has 0 radical (unpaired) electrons. The van der Waals surface area contributed by atoms with E-state index < -0.39 is 0 Å². The number of hydrogen-bond donors (Lipinski definition) is 5. The van der Waals surface area contributed by atoms with Crippen LogP contribution in [0, 0.1) is 0 Å². The van der Waals surface area contributed by atoms with Gasteiger partial charge in [0.05, 0.1) is 11.9 Å². The van der Waals surface area contributed by atoms with Gasteiger partial charge in [-0.15, -0.1) is 0 Å². The second-order valence-corrected chi connectivity index (χ2v) is 6.05. The molecule has 0 unspecified atom stereocenters. The van der Waals surface area contributed by atoms with Crippen LogP contribution in [0.15, 0.2) is 35.4 Å². The highest BCUT2D eigenvalue weighted by atomic mass is 16.8. The van der Waals surface area contributed by atoms with Crippen molar-refractivity contribution >= 4 is 0 Å². The average Bonchev–Trinajstić information content (AvgIpc) is 3.08. The van der Waals surface area contributed by atoms with Crippen LogP contribution in [0.4, 0.5) is 0 Å². The second kappa shape index (κ2) is 11.1. The Bertz CT molecular complexity index is 460. The van der Waals surface area contributed by atoms with Gasteiger partial charge in [0.2, 0.25) is 0 Å². The van der Waals surface area contributed by atoms with Crippen molar-refractivity contribution in [1.29, 1.82) is 0 Å². The molecule has 0 aromatic heterocycles. The van der Waals surface area contributed by atoms with Gasteiger partial charge in [-0.2, -0.15) is 10.0 Å². The molecule has 6 N–H and O–H groups in total. The van der Waals surface area contributed by atoms with E-state index in [2.05, 4.69) is 27.5 Å². The van der Waals surface area contributed by atoms with Crippen molar-refractivity contribution in [1.82, 2.24) is 26.5 Å². The highest BCUT2D eigenvalue weighted by molar-refractivity contribution is 5.38. The van der Waals surface area contributed by atoms with Crippen molar-refractivity contribution in [2.75, 3.05) is 39.3 Å². The van der Waals surface area contributed by atoms with Crippen molar-refractivity contribution in [2.45, 2.75) is 32.6 Å². The number of nitrogens with one attached hydrogen (secondary N) is 4. The largest absolute Gasteiger partial charge is 0.383 e. The van der Waals surface area contributed by atoms with Crippen LogP contribution < -0.4 is 27.2 Å². The zero-order valence-corrected chi connectivity index (χ0v) is 14.7. The normalized spacial score (nSPS) is 16.2. The van der Waals surface area contributed by atoms with E-state index in [1.807, 2.05) is 19.2 Å². The lowest BCUT2D eigenvalue weighted by atomic mass is 10.2. The maximum Gasteiger partial charge on any atom is 0.113 e. The number of hydroxylamine groups is 3. The predicted molar refractivity (Wildman–Crippen MR) is 97.2 cm³/mol. The summed E-state index contributed by atoms with van der Waals surface area (Å²) in [6.07, 6.45) is 10.6. The van der Waals surface area contributed by atoms with E-state index >= 15 is 0 Å². The topological polar surface area (TPSA) is 86.6 Å². The van der Waals surface area contributed by atoms with Crippen LogP contribution in [0.1, 0.15) is 32.6 Å². The number of fused-ring (bicyclic) bond motifs is 1. The highest BCUT2D eigenvalue weighted by Crippen LogP contribution is 2.25. The molecular weight excluding hydrogens is 304 g/mol. The summed E-state index contributed by atoms with van der Waals surface area (Å²) in [5, 5.41) is 12.2. The summed E-state index contributed by atoms with van der Waals surface area (Å²) >= 11 is 0. The molecule has 0 amide bonds. The standard InChI is InChI=1S/C17H32N6O/c1-15-6-7-16(17-14-22-24-23(15)17)21-13-5-12-20-10-3-2-9-19-11-4-8-18/h6-7,14,19-22H,2-5,8-13,18H2,1H3. The van der Waals surface area contributed by atoms with Crippen molar-refractivity contribution in [3.8, 4) is 0 Å². The molecule has 2 aliphatic heterocycles. The zero-order valence-electron chi connectivity index (χ0n) is 14.7. The summed E-state index contributed by atoms with van der Waals surface area (Å²) < 4.78 is 0. The summed E-state index contributed by atoms with van der Waals surface area (Å²) in [5.41, 5.74) is 11.4. The molecule has 0 saturated heterocycles. The van der Waals surface area contributed by atoms with Gasteiger partial charge in [0.15, 0.2) is 0 Å².